The highest BCUT2D eigenvalue weighted by Crippen LogP contribution is 2.23. The molecule has 27 heavy (non-hydrogen) atoms. The van der Waals surface area contributed by atoms with Crippen LogP contribution in [0.15, 0.2) is 23.1 Å². The van der Waals surface area contributed by atoms with Crippen LogP contribution in [0, 0.1) is 12.8 Å². The van der Waals surface area contributed by atoms with E-state index in [1.807, 2.05) is 0 Å². The molecule has 0 aromatic heterocycles. The molecular weight excluding hydrogens is 390 g/mol. The number of rotatable bonds is 5. The Hall–Kier alpha value is -1.19. The van der Waals surface area contributed by atoms with E-state index < -0.39 is 21.6 Å². The summed E-state index contributed by atoms with van der Waals surface area (Å²) < 4.78 is 33.2. The van der Waals surface area contributed by atoms with E-state index in [9.17, 15) is 13.2 Å². The number of carbonyl (C=O) groups is 1. The summed E-state index contributed by atoms with van der Waals surface area (Å²) in [7, 11) is -3.70. The molecule has 7 nitrogen and oxygen atoms in total. The fourth-order valence-electron chi connectivity index (χ4n) is 2.94. The topological polar surface area (TPSA) is 111 Å². The molecular formula is C18H30ClN3O4S. The van der Waals surface area contributed by atoms with Gasteiger partial charge in [0.05, 0.1) is 10.9 Å². The standard InChI is InChI=1S/C18H29N3O4S.ClH/c1-12-5-6-14(11-15(12)26(23,24)21-18(2,3)4)20-17(22)16(19)13-7-9-25-10-8-13;/h5-6,11,13,16,21H,7-10,19H2,1-4H3,(H,20,22);1H. The number of carbonyl (C=O) groups excluding carboxylic acids is 1. The number of nitrogens with one attached hydrogen (secondary N) is 2. The molecule has 0 bridgehead atoms. The lowest BCUT2D eigenvalue weighted by Gasteiger charge is -2.27. The van der Waals surface area contributed by atoms with Gasteiger partial charge < -0.3 is 15.8 Å². The molecule has 1 aliphatic rings. The van der Waals surface area contributed by atoms with E-state index in [-0.39, 0.29) is 29.1 Å². The Labute approximate surface area is 167 Å². The van der Waals surface area contributed by atoms with Gasteiger partial charge in [-0.05, 0) is 64.2 Å². The number of aryl methyl sites for hydroxylation is 1. The predicted octanol–water partition coefficient (Wildman–Crippen LogP) is 2.19. The third-order valence-corrected chi connectivity index (χ3v) is 6.16. The predicted molar refractivity (Wildman–Crippen MR) is 109 cm³/mol. The zero-order valence-corrected chi connectivity index (χ0v) is 17.9. The largest absolute Gasteiger partial charge is 0.381 e. The smallest absolute Gasteiger partial charge is 0.241 e. The molecule has 0 saturated carbocycles. The van der Waals surface area contributed by atoms with Gasteiger partial charge in [-0.2, -0.15) is 0 Å². The second-order valence-electron chi connectivity index (χ2n) is 7.80. The number of halogens is 1. The second kappa shape index (κ2) is 9.34. The SMILES string of the molecule is Cc1ccc(NC(=O)C(N)C2CCOCC2)cc1S(=O)(=O)NC(C)(C)C.Cl. The molecule has 9 heteroatoms. The second-order valence-corrected chi connectivity index (χ2v) is 9.45. The Morgan fingerprint density at radius 2 is 1.85 bits per heavy atom. The van der Waals surface area contributed by atoms with Crippen LogP contribution in [0.2, 0.25) is 0 Å². The highest BCUT2D eigenvalue weighted by Gasteiger charge is 2.28. The summed E-state index contributed by atoms with van der Waals surface area (Å²) in [6.07, 6.45) is 1.50. The van der Waals surface area contributed by atoms with Gasteiger partial charge in [-0.25, -0.2) is 13.1 Å². The highest BCUT2D eigenvalue weighted by molar-refractivity contribution is 7.89. The van der Waals surface area contributed by atoms with Crippen molar-refractivity contribution in [3.8, 4) is 0 Å². The van der Waals surface area contributed by atoms with E-state index in [4.69, 9.17) is 10.5 Å². The third-order valence-electron chi connectivity index (χ3n) is 4.26. The molecule has 1 unspecified atom stereocenters. The van der Waals surface area contributed by atoms with Gasteiger partial charge in [0, 0.05) is 24.4 Å². The fourth-order valence-corrected chi connectivity index (χ4v) is 4.63. The Balaban J connectivity index is 0.00000364. The van der Waals surface area contributed by atoms with E-state index >= 15 is 0 Å². The van der Waals surface area contributed by atoms with Gasteiger partial charge in [0.25, 0.3) is 0 Å². The summed E-state index contributed by atoms with van der Waals surface area (Å²) in [5, 5.41) is 2.74. The highest BCUT2D eigenvalue weighted by atomic mass is 35.5. The molecule has 154 valence electrons. The lowest BCUT2D eigenvalue weighted by atomic mass is 9.92. The average molecular weight is 420 g/mol. The van der Waals surface area contributed by atoms with Gasteiger partial charge in [-0.3, -0.25) is 4.79 Å². The van der Waals surface area contributed by atoms with Gasteiger partial charge in [0.2, 0.25) is 15.9 Å². The lowest BCUT2D eigenvalue weighted by Crippen LogP contribution is -2.44. The van der Waals surface area contributed by atoms with Crippen LogP contribution in [0.3, 0.4) is 0 Å². The van der Waals surface area contributed by atoms with Gasteiger partial charge in [-0.1, -0.05) is 6.07 Å². The molecule has 4 N–H and O–H groups in total. The maximum atomic E-state index is 12.6. The maximum Gasteiger partial charge on any atom is 0.241 e. The lowest BCUT2D eigenvalue weighted by molar-refractivity contribution is -0.119. The summed E-state index contributed by atoms with van der Waals surface area (Å²) >= 11 is 0. The van der Waals surface area contributed by atoms with E-state index in [0.717, 1.165) is 12.8 Å². The van der Waals surface area contributed by atoms with Crippen LogP contribution in [0.1, 0.15) is 39.2 Å². The van der Waals surface area contributed by atoms with E-state index in [1.165, 1.54) is 6.07 Å². The number of hydrogen-bond donors (Lipinski definition) is 3. The van der Waals surface area contributed by atoms with Crippen LogP contribution < -0.4 is 15.8 Å². The minimum atomic E-state index is -3.70. The van der Waals surface area contributed by atoms with Crippen molar-refractivity contribution in [2.45, 2.75) is 57.0 Å². The van der Waals surface area contributed by atoms with Crippen molar-refractivity contribution in [1.82, 2.24) is 4.72 Å². The van der Waals surface area contributed by atoms with Crippen molar-refractivity contribution >= 4 is 34.0 Å². The third kappa shape index (κ3) is 6.73. The number of nitrogens with two attached hydrogens (primary N) is 1. The molecule has 1 saturated heterocycles. The summed E-state index contributed by atoms with van der Waals surface area (Å²) in [5.74, 6) is -0.243. The first-order chi connectivity index (χ1) is 12.0. The first-order valence-corrected chi connectivity index (χ1v) is 10.3. The zero-order chi connectivity index (χ0) is 19.5. The monoisotopic (exact) mass is 419 g/mol. The fraction of sp³-hybridized carbons (Fsp3) is 0.611. The van der Waals surface area contributed by atoms with Crippen LogP contribution in [0.25, 0.3) is 0 Å². The number of sulfonamides is 1. The Morgan fingerprint density at radius 1 is 1.26 bits per heavy atom. The molecule has 1 amide bonds. The summed E-state index contributed by atoms with van der Waals surface area (Å²) in [6.45, 7) is 8.26. The average Bonchev–Trinajstić information content (AvgIpc) is 2.54. The van der Waals surface area contributed by atoms with E-state index in [1.54, 1.807) is 39.8 Å². The minimum Gasteiger partial charge on any atom is -0.381 e. The molecule has 1 heterocycles. The molecule has 0 aliphatic carbocycles. The van der Waals surface area contributed by atoms with Gasteiger partial charge in [0.15, 0.2) is 0 Å². The first kappa shape index (κ1) is 23.8. The number of amides is 1. The number of ether oxygens (including phenoxy) is 1. The van der Waals surface area contributed by atoms with E-state index in [2.05, 4.69) is 10.0 Å². The molecule has 1 aromatic carbocycles. The molecule has 1 fully saturated rings. The molecule has 2 rings (SSSR count). The number of benzene rings is 1. The van der Waals surface area contributed by atoms with Crippen molar-refractivity contribution < 1.29 is 17.9 Å². The molecule has 0 radical (unpaired) electrons. The van der Waals surface area contributed by atoms with Gasteiger partial charge in [-0.15, -0.1) is 12.4 Å². The van der Waals surface area contributed by atoms with Crippen molar-refractivity contribution in [2.24, 2.45) is 11.7 Å². The maximum absolute atomic E-state index is 12.6. The summed E-state index contributed by atoms with van der Waals surface area (Å²) in [4.78, 5) is 12.6. The zero-order valence-electron chi connectivity index (χ0n) is 16.2. The van der Waals surface area contributed by atoms with Gasteiger partial charge in [0.1, 0.15) is 0 Å². The Bertz CT molecular complexity index is 756. The van der Waals surface area contributed by atoms with Crippen LogP contribution >= 0.6 is 12.4 Å². The van der Waals surface area contributed by atoms with Crippen LogP contribution in [-0.4, -0.2) is 39.1 Å². The van der Waals surface area contributed by atoms with Crippen LogP contribution in [-0.2, 0) is 19.6 Å². The molecule has 1 aromatic rings. The van der Waals surface area contributed by atoms with Crippen LogP contribution in [0.4, 0.5) is 5.69 Å². The molecule has 1 aliphatic heterocycles. The Morgan fingerprint density at radius 3 is 2.41 bits per heavy atom. The summed E-state index contributed by atoms with van der Waals surface area (Å²) in [6, 6.07) is 4.18. The van der Waals surface area contributed by atoms with E-state index in [0.29, 0.717) is 24.5 Å². The first-order valence-electron chi connectivity index (χ1n) is 8.78. The minimum absolute atomic E-state index is 0. The van der Waals surface area contributed by atoms with Crippen LogP contribution in [0.5, 0.6) is 0 Å². The number of anilines is 1. The number of hydrogen-bond acceptors (Lipinski definition) is 5. The van der Waals surface area contributed by atoms with Crippen molar-refractivity contribution in [2.75, 3.05) is 18.5 Å². The van der Waals surface area contributed by atoms with Crippen molar-refractivity contribution in [1.29, 1.82) is 0 Å². The molecule has 0 spiro atoms. The summed E-state index contributed by atoms with van der Waals surface area (Å²) in [5.41, 5.74) is 6.50. The quantitative estimate of drug-likeness (QED) is 0.677. The van der Waals surface area contributed by atoms with Crippen molar-refractivity contribution in [3.63, 3.8) is 0 Å². The normalized spacial score (nSPS) is 17.1. The molecule has 1 atom stereocenters. The van der Waals surface area contributed by atoms with Crippen molar-refractivity contribution in [3.05, 3.63) is 23.8 Å². The Kier molecular flexibility index (Phi) is 8.25. The van der Waals surface area contributed by atoms with Gasteiger partial charge >= 0.3 is 0 Å².